The van der Waals surface area contributed by atoms with Crippen molar-refractivity contribution in [1.82, 2.24) is 14.5 Å². The number of carbonyl (C=O) groups excluding carboxylic acids is 2. The van der Waals surface area contributed by atoms with Crippen molar-refractivity contribution in [1.29, 1.82) is 0 Å². The summed E-state index contributed by atoms with van der Waals surface area (Å²) in [6.07, 6.45) is 3.99. The van der Waals surface area contributed by atoms with Crippen molar-refractivity contribution in [2.24, 2.45) is 0 Å². The maximum atomic E-state index is 12.6. The van der Waals surface area contributed by atoms with Crippen LogP contribution in [0.1, 0.15) is 30.8 Å². The first-order valence-electron chi connectivity index (χ1n) is 8.60. The van der Waals surface area contributed by atoms with E-state index in [0.717, 1.165) is 17.1 Å². The molecule has 1 fully saturated rings. The molecule has 1 aliphatic heterocycles. The van der Waals surface area contributed by atoms with Crippen LogP contribution in [0, 0.1) is 13.8 Å². The maximum Gasteiger partial charge on any atom is 0.246 e. The number of carbonyl (C=O) groups is 2. The smallest absolute Gasteiger partial charge is 0.246 e. The Morgan fingerprint density at radius 1 is 1.20 bits per heavy atom. The SMILES string of the molecule is Cc1ccc(N2CCN(C(=O)C[C@H](C)n3ccnc3C)CC2=O)cc1. The summed E-state index contributed by atoms with van der Waals surface area (Å²) in [7, 11) is 0. The van der Waals surface area contributed by atoms with Gasteiger partial charge in [-0.15, -0.1) is 0 Å². The molecule has 6 nitrogen and oxygen atoms in total. The molecule has 0 saturated carbocycles. The Labute approximate surface area is 148 Å². The van der Waals surface area contributed by atoms with Crippen LogP contribution in [0.25, 0.3) is 0 Å². The highest BCUT2D eigenvalue weighted by Gasteiger charge is 2.28. The molecule has 3 rings (SSSR count). The van der Waals surface area contributed by atoms with E-state index in [2.05, 4.69) is 4.98 Å². The van der Waals surface area contributed by atoms with Gasteiger partial charge in [-0.25, -0.2) is 4.98 Å². The van der Waals surface area contributed by atoms with Crippen molar-refractivity contribution in [3.8, 4) is 0 Å². The first-order chi connectivity index (χ1) is 12.0. The highest BCUT2D eigenvalue weighted by atomic mass is 16.2. The zero-order valence-electron chi connectivity index (χ0n) is 15.0. The van der Waals surface area contributed by atoms with Gasteiger partial charge >= 0.3 is 0 Å². The Morgan fingerprint density at radius 3 is 2.52 bits per heavy atom. The molecule has 25 heavy (non-hydrogen) atoms. The molecule has 2 amide bonds. The van der Waals surface area contributed by atoms with E-state index in [9.17, 15) is 9.59 Å². The minimum atomic E-state index is -0.0325. The molecule has 6 heteroatoms. The molecule has 132 valence electrons. The number of piperazine rings is 1. The summed E-state index contributed by atoms with van der Waals surface area (Å²) in [6.45, 7) is 7.18. The maximum absolute atomic E-state index is 12.6. The van der Waals surface area contributed by atoms with E-state index < -0.39 is 0 Å². The second kappa shape index (κ2) is 7.09. The average molecular weight is 340 g/mol. The largest absolute Gasteiger partial charge is 0.332 e. The molecule has 0 spiro atoms. The van der Waals surface area contributed by atoms with Gasteiger partial charge < -0.3 is 14.4 Å². The molecular weight excluding hydrogens is 316 g/mol. The van der Waals surface area contributed by atoms with Gasteiger partial charge in [0.15, 0.2) is 0 Å². The van der Waals surface area contributed by atoms with Crippen molar-refractivity contribution in [3.63, 3.8) is 0 Å². The van der Waals surface area contributed by atoms with E-state index in [1.807, 2.05) is 55.8 Å². The Hall–Kier alpha value is -2.63. The molecule has 1 aromatic heterocycles. The predicted octanol–water partition coefficient (Wildman–Crippen LogP) is 2.33. The van der Waals surface area contributed by atoms with E-state index in [1.54, 1.807) is 16.0 Å². The molecule has 2 aromatic rings. The second-order valence-electron chi connectivity index (χ2n) is 6.63. The quantitative estimate of drug-likeness (QED) is 0.858. The lowest BCUT2D eigenvalue weighted by molar-refractivity contribution is -0.137. The van der Waals surface area contributed by atoms with Crippen LogP contribution in [0.5, 0.6) is 0 Å². The van der Waals surface area contributed by atoms with Gasteiger partial charge in [0.25, 0.3) is 0 Å². The summed E-state index contributed by atoms with van der Waals surface area (Å²) < 4.78 is 1.99. The average Bonchev–Trinajstić information content (AvgIpc) is 3.02. The molecule has 1 saturated heterocycles. The molecule has 0 bridgehead atoms. The summed E-state index contributed by atoms with van der Waals surface area (Å²) in [5.41, 5.74) is 2.05. The third-order valence-electron chi connectivity index (χ3n) is 4.73. The third kappa shape index (κ3) is 3.73. The van der Waals surface area contributed by atoms with Crippen LogP contribution < -0.4 is 4.90 Å². The molecule has 0 unspecified atom stereocenters. The van der Waals surface area contributed by atoms with E-state index in [1.165, 1.54) is 0 Å². The van der Waals surface area contributed by atoms with Crippen molar-refractivity contribution in [2.75, 3.05) is 24.5 Å². The molecule has 2 heterocycles. The summed E-state index contributed by atoms with van der Waals surface area (Å²) in [5.74, 6) is 0.869. The molecule has 1 aliphatic rings. The summed E-state index contributed by atoms with van der Waals surface area (Å²) in [6, 6.07) is 7.92. The fourth-order valence-electron chi connectivity index (χ4n) is 3.22. The van der Waals surface area contributed by atoms with Gasteiger partial charge in [-0.3, -0.25) is 9.59 Å². The van der Waals surface area contributed by atoms with E-state index >= 15 is 0 Å². The Morgan fingerprint density at radius 2 is 1.92 bits per heavy atom. The first kappa shape index (κ1) is 17.2. The van der Waals surface area contributed by atoms with Crippen molar-refractivity contribution >= 4 is 17.5 Å². The molecule has 0 aliphatic carbocycles. The van der Waals surface area contributed by atoms with Gasteiger partial charge in [0.1, 0.15) is 12.4 Å². The minimum Gasteiger partial charge on any atom is -0.332 e. The summed E-state index contributed by atoms with van der Waals surface area (Å²) in [4.78, 5) is 32.7. The molecule has 0 radical (unpaired) electrons. The number of anilines is 1. The fourth-order valence-corrected chi connectivity index (χ4v) is 3.22. The van der Waals surface area contributed by atoms with E-state index in [4.69, 9.17) is 0 Å². The topological polar surface area (TPSA) is 58.4 Å². The lowest BCUT2D eigenvalue weighted by Gasteiger charge is -2.35. The Bertz CT molecular complexity index is 766. The van der Waals surface area contributed by atoms with E-state index in [-0.39, 0.29) is 24.4 Å². The fraction of sp³-hybridized carbons (Fsp3) is 0.421. The van der Waals surface area contributed by atoms with Crippen LogP contribution in [0.2, 0.25) is 0 Å². The lowest BCUT2D eigenvalue weighted by Crippen LogP contribution is -2.52. The number of aromatic nitrogens is 2. The van der Waals surface area contributed by atoms with Crippen LogP contribution in [0.3, 0.4) is 0 Å². The van der Waals surface area contributed by atoms with Gasteiger partial charge in [0.2, 0.25) is 11.8 Å². The number of amides is 2. The number of aryl methyl sites for hydroxylation is 2. The van der Waals surface area contributed by atoms with Crippen molar-refractivity contribution in [2.45, 2.75) is 33.2 Å². The number of benzene rings is 1. The molecular formula is C19H24N4O2. The predicted molar refractivity (Wildman–Crippen MR) is 96.4 cm³/mol. The number of imidazole rings is 1. The van der Waals surface area contributed by atoms with E-state index in [0.29, 0.717) is 19.5 Å². The van der Waals surface area contributed by atoms with Crippen molar-refractivity contribution < 1.29 is 9.59 Å². The number of hydrogen-bond donors (Lipinski definition) is 0. The zero-order valence-corrected chi connectivity index (χ0v) is 15.0. The van der Waals surface area contributed by atoms with Gasteiger partial charge in [-0.1, -0.05) is 17.7 Å². The highest BCUT2D eigenvalue weighted by molar-refractivity contribution is 5.97. The summed E-state index contributed by atoms with van der Waals surface area (Å²) >= 11 is 0. The number of nitrogens with zero attached hydrogens (tertiary/aromatic N) is 4. The number of rotatable bonds is 4. The van der Waals surface area contributed by atoms with Crippen molar-refractivity contribution in [3.05, 3.63) is 48.0 Å². The Kier molecular flexibility index (Phi) is 4.88. The third-order valence-corrected chi connectivity index (χ3v) is 4.73. The van der Waals surface area contributed by atoms with Gasteiger partial charge in [0.05, 0.1) is 0 Å². The lowest BCUT2D eigenvalue weighted by atomic mass is 10.1. The van der Waals surface area contributed by atoms with Crippen LogP contribution in [-0.4, -0.2) is 45.9 Å². The van der Waals surface area contributed by atoms with Crippen LogP contribution in [0.15, 0.2) is 36.7 Å². The minimum absolute atomic E-state index is 0.0116. The summed E-state index contributed by atoms with van der Waals surface area (Å²) in [5, 5.41) is 0. The van der Waals surface area contributed by atoms with Gasteiger partial charge in [0, 0.05) is 43.6 Å². The first-order valence-corrected chi connectivity index (χ1v) is 8.60. The monoisotopic (exact) mass is 340 g/mol. The van der Waals surface area contributed by atoms with Gasteiger partial charge in [-0.2, -0.15) is 0 Å². The molecule has 1 aromatic carbocycles. The van der Waals surface area contributed by atoms with Crippen LogP contribution in [-0.2, 0) is 9.59 Å². The number of hydrogen-bond acceptors (Lipinski definition) is 3. The Balaban J connectivity index is 1.60. The van der Waals surface area contributed by atoms with Gasteiger partial charge in [-0.05, 0) is 32.9 Å². The normalized spacial score (nSPS) is 16.2. The zero-order chi connectivity index (χ0) is 18.0. The van der Waals surface area contributed by atoms with Crippen LogP contribution >= 0.6 is 0 Å². The van der Waals surface area contributed by atoms with Crippen LogP contribution in [0.4, 0.5) is 5.69 Å². The highest BCUT2D eigenvalue weighted by Crippen LogP contribution is 2.20. The molecule has 0 N–H and O–H groups in total. The second-order valence-corrected chi connectivity index (χ2v) is 6.63. The standard InChI is InChI=1S/C19H24N4O2/c1-14-4-6-17(7-5-14)23-11-10-21(13-19(23)25)18(24)12-15(2)22-9-8-20-16(22)3/h4-9,15H,10-13H2,1-3H3/t15-/m0/s1. The molecule has 1 atom stereocenters.